The lowest BCUT2D eigenvalue weighted by Crippen LogP contribution is -2.06. The van der Waals surface area contributed by atoms with Gasteiger partial charge in [0.25, 0.3) is 5.88 Å². The second-order valence-electron chi connectivity index (χ2n) is 6.10. The first-order chi connectivity index (χ1) is 13.5. The summed E-state index contributed by atoms with van der Waals surface area (Å²) in [5.41, 5.74) is 2.74. The first kappa shape index (κ1) is 17.8. The van der Waals surface area contributed by atoms with Gasteiger partial charge in [0.05, 0.1) is 25.5 Å². The molecule has 28 heavy (non-hydrogen) atoms. The fourth-order valence-electron chi connectivity index (χ4n) is 2.76. The summed E-state index contributed by atoms with van der Waals surface area (Å²) in [6.07, 6.45) is 2.44. The van der Waals surface area contributed by atoms with Gasteiger partial charge in [0.15, 0.2) is 5.82 Å². The Balaban J connectivity index is 1.79. The summed E-state index contributed by atoms with van der Waals surface area (Å²) in [7, 11) is 1.31. The van der Waals surface area contributed by atoms with Gasteiger partial charge < -0.3 is 9.26 Å². The molecule has 0 N–H and O–H groups in total. The van der Waals surface area contributed by atoms with Crippen LogP contribution in [0.3, 0.4) is 0 Å². The van der Waals surface area contributed by atoms with E-state index in [-0.39, 0.29) is 24.1 Å². The van der Waals surface area contributed by atoms with Gasteiger partial charge in [0.1, 0.15) is 23.5 Å². The number of hydrogen-bond donors (Lipinski definition) is 0. The number of halogens is 2. The summed E-state index contributed by atoms with van der Waals surface area (Å²) in [5, 5.41) is 8.39. The van der Waals surface area contributed by atoms with Crippen LogP contribution >= 0.6 is 0 Å². The van der Waals surface area contributed by atoms with Crippen LogP contribution in [0.1, 0.15) is 11.1 Å². The summed E-state index contributed by atoms with van der Waals surface area (Å²) in [6.45, 7) is 1.98. The van der Waals surface area contributed by atoms with Crippen molar-refractivity contribution in [2.75, 3.05) is 7.11 Å². The van der Waals surface area contributed by atoms with E-state index in [9.17, 15) is 8.78 Å². The number of rotatable bonds is 5. The standard InChI is InChI=1S/C19H15F2N5O2/c1-11-3-4-12(13(20)7-11)10-26-17(15-5-6-28-25-15)8-16(24-26)18-22-9-14(21)19(23-18)27-2/h3-9H,10H2,1-2H3. The van der Waals surface area contributed by atoms with Crippen LogP contribution in [-0.2, 0) is 6.54 Å². The molecule has 0 aliphatic carbocycles. The molecule has 9 heteroatoms. The van der Waals surface area contributed by atoms with E-state index in [1.807, 2.05) is 13.0 Å². The van der Waals surface area contributed by atoms with E-state index in [0.29, 0.717) is 22.6 Å². The van der Waals surface area contributed by atoms with Crippen LogP contribution in [0, 0.1) is 18.6 Å². The summed E-state index contributed by atoms with van der Waals surface area (Å²) < 4.78 is 39.3. The van der Waals surface area contributed by atoms with Gasteiger partial charge in [-0.05, 0) is 24.6 Å². The van der Waals surface area contributed by atoms with Gasteiger partial charge >= 0.3 is 0 Å². The predicted molar refractivity (Wildman–Crippen MR) is 95.5 cm³/mol. The summed E-state index contributed by atoms with van der Waals surface area (Å²) >= 11 is 0. The molecule has 0 fully saturated rings. The molecular formula is C19H15F2N5O2. The highest BCUT2D eigenvalue weighted by molar-refractivity contribution is 5.62. The first-order valence-corrected chi connectivity index (χ1v) is 8.35. The Kier molecular flexibility index (Phi) is 4.56. The molecule has 3 aromatic heterocycles. The number of aryl methyl sites for hydroxylation is 1. The maximum absolute atomic E-state index is 14.3. The second kappa shape index (κ2) is 7.18. The van der Waals surface area contributed by atoms with Crippen LogP contribution in [0.15, 0.2) is 47.3 Å². The molecule has 1 aromatic carbocycles. The minimum atomic E-state index is -0.677. The molecule has 0 aliphatic heterocycles. The van der Waals surface area contributed by atoms with Crippen molar-refractivity contribution in [3.63, 3.8) is 0 Å². The molecule has 4 rings (SSSR count). The van der Waals surface area contributed by atoms with E-state index in [1.54, 1.807) is 22.9 Å². The van der Waals surface area contributed by atoms with Gasteiger partial charge in [-0.1, -0.05) is 17.3 Å². The molecule has 0 saturated heterocycles. The SMILES string of the molecule is COc1nc(-c2cc(-c3ccon3)n(Cc3ccc(C)cc3F)n2)ncc1F. The third kappa shape index (κ3) is 3.34. The molecule has 0 radical (unpaired) electrons. The normalized spacial score (nSPS) is 11.0. The third-order valence-corrected chi connectivity index (χ3v) is 4.14. The van der Waals surface area contributed by atoms with Gasteiger partial charge in [0, 0.05) is 11.6 Å². The number of benzene rings is 1. The van der Waals surface area contributed by atoms with Crippen LogP contribution in [0.5, 0.6) is 5.88 Å². The quantitative estimate of drug-likeness (QED) is 0.524. The Morgan fingerprint density at radius 1 is 1.11 bits per heavy atom. The number of nitrogens with zero attached hydrogens (tertiary/aromatic N) is 5. The Morgan fingerprint density at radius 3 is 2.68 bits per heavy atom. The molecule has 0 amide bonds. The van der Waals surface area contributed by atoms with E-state index in [2.05, 4.69) is 20.2 Å². The number of aromatic nitrogens is 5. The summed E-state index contributed by atoms with van der Waals surface area (Å²) in [4.78, 5) is 8.00. The average molecular weight is 383 g/mol. The lowest BCUT2D eigenvalue weighted by Gasteiger charge is -2.07. The van der Waals surface area contributed by atoms with Crippen LogP contribution < -0.4 is 4.74 Å². The number of methoxy groups -OCH3 is 1. The summed E-state index contributed by atoms with van der Waals surface area (Å²) in [6, 6.07) is 8.33. The minimum absolute atomic E-state index is 0.159. The first-order valence-electron chi connectivity index (χ1n) is 8.35. The molecule has 0 unspecified atom stereocenters. The van der Waals surface area contributed by atoms with Crippen molar-refractivity contribution in [1.29, 1.82) is 0 Å². The highest BCUT2D eigenvalue weighted by Crippen LogP contribution is 2.26. The number of ether oxygens (including phenoxy) is 1. The zero-order chi connectivity index (χ0) is 19.7. The molecule has 0 aliphatic rings. The topological polar surface area (TPSA) is 78.9 Å². The van der Waals surface area contributed by atoms with E-state index in [0.717, 1.165) is 11.8 Å². The second-order valence-corrected chi connectivity index (χ2v) is 6.10. The van der Waals surface area contributed by atoms with Crippen molar-refractivity contribution in [3.8, 4) is 28.8 Å². The Bertz CT molecular complexity index is 1130. The van der Waals surface area contributed by atoms with E-state index < -0.39 is 5.82 Å². The molecule has 0 bridgehead atoms. The molecular weight excluding hydrogens is 368 g/mol. The van der Waals surface area contributed by atoms with E-state index in [1.165, 1.54) is 19.4 Å². The average Bonchev–Trinajstić information content (AvgIpc) is 3.34. The van der Waals surface area contributed by atoms with Crippen LogP contribution in [0.25, 0.3) is 22.9 Å². The molecule has 0 atom stereocenters. The molecule has 0 spiro atoms. The Hall–Kier alpha value is -3.62. The zero-order valence-electron chi connectivity index (χ0n) is 15.1. The van der Waals surface area contributed by atoms with Crippen molar-refractivity contribution in [2.45, 2.75) is 13.5 Å². The minimum Gasteiger partial charge on any atom is -0.479 e. The molecule has 7 nitrogen and oxygen atoms in total. The predicted octanol–water partition coefficient (Wildman–Crippen LogP) is 3.64. The zero-order valence-corrected chi connectivity index (χ0v) is 15.1. The maximum atomic E-state index is 14.3. The number of hydrogen-bond acceptors (Lipinski definition) is 6. The van der Waals surface area contributed by atoms with Gasteiger partial charge in [-0.3, -0.25) is 4.68 Å². The molecule has 142 valence electrons. The fourth-order valence-corrected chi connectivity index (χ4v) is 2.76. The van der Waals surface area contributed by atoms with Gasteiger partial charge in [-0.2, -0.15) is 14.5 Å². The highest BCUT2D eigenvalue weighted by Gasteiger charge is 2.18. The monoisotopic (exact) mass is 383 g/mol. The highest BCUT2D eigenvalue weighted by atomic mass is 19.1. The van der Waals surface area contributed by atoms with Gasteiger partial charge in [-0.25, -0.2) is 9.37 Å². The Labute approximate surface area is 158 Å². The largest absolute Gasteiger partial charge is 0.479 e. The molecule has 0 saturated carbocycles. The van der Waals surface area contributed by atoms with Crippen LogP contribution in [0.2, 0.25) is 0 Å². The summed E-state index contributed by atoms with van der Waals surface area (Å²) in [5.74, 6) is -1.02. The van der Waals surface area contributed by atoms with Crippen molar-refractivity contribution in [2.24, 2.45) is 0 Å². The van der Waals surface area contributed by atoms with Gasteiger partial charge in [-0.15, -0.1) is 0 Å². The van der Waals surface area contributed by atoms with E-state index in [4.69, 9.17) is 9.26 Å². The Morgan fingerprint density at radius 2 is 1.96 bits per heavy atom. The van der Waals surface area contributed by atoms with Crippen molar-refractivity contribution < 1.29 is 18.0 Å². The van der Waals surface area contributed by atoms with E-state index >= 15 is 0 Å². The third-order valence-electron chi connectivity index (χ3n) is 4.14. The maximum Gasteiger partial charge on any atom is 0.253 e. The molecule has 3 heterocycles. The van der Waals surface area contributed by atoms with Crippen molar-refractivity contribution in [3.05, 3.63) is 65.6 Å². The van der Waals surface area contributed by atoms with Crippen molar-refractivity contribution >= 4 is 0 Å². The van der Waals surface area contributed by atoms with Crippen LogP contribution in [0.4, 0.5) is 8.78 Å². The lowest BCUT2D eigenvalue weighted by atomic mass is 10.1. The fraction of sp³-hybridized carbons (Fsp3) is 0.158. The van der Waals surface area contributed by atoms with Gasteiger partial charge in [0.2, 0.25) is 5.82 Å². The van der Waals surface area contributed by atoms with Crippen LogP contribution in [-0.4, -0.2) is 32.0 Å². The molecule has 4 aromatic rings. The smallest absolute Gasteiger partial charge is 0.253 e. The van der Waals surface area contributed by atoms with Crippen molar-refractivity contribution in [1.82, 2.24) is 24.9 Å². The lowest BCUT2D eigenvalue weighted by molar-refractivity contribution is 0.367.